The van der Waals surface area contributed by atoms with Crippen molar-refractivity contribution >= 4 is 53.3 Å². The molecule has 1 amide bonds. The Morgan fingerprint density at radius 2 is 2.24 bits per heavy atom. The molecule has 8 heteroatoms. The van der Waals surface area contributed by atoms with E-state index < -0.39 is 0 Å². The lowest BCUT2D eigenvalue weighted by atomic mass is 10.1. The number of amides is 1. The van der Waals surface area contributed by atoms with Gasteiger partial charge in [-0.15, -0.1) is 24.0 Å². The maximum absolute atomic E-state index is 12.3. The monoisotopic (exact) mass is 532 g/mol. The third-order valence-electron chi connectivity index (χ3n) is 5.22. The van der Waals surface area contributed by atoms with Crippen LogP contribution in [0, 0.1) is 5.92 Å². The molecule has 0 bridgehead atoms. The molecule has 29 heavy (non-hydrogen) atoms. The van der Waals surface area contributed by atoms with Crippen molar-refractivity contribution in [2.75, 3.05) is 37.8 Å². The zero-order valence-electron chi connectivity index (χ0n) is 17.5. The predicted molar refractivity (Wildman–Crippen MR) is 132 cm³/mol. The minimum Gasteiger partial charge on any atom is -0.368 e. The molecular formula is C21H33IN4O2S. The number of carbonyl (C=O) groups is 1. The smallest absolute Gasteiger partial charge is 0.253 e. The Morgan fingerprint density at radius 3 is 2.93 bits per heavy atom. The molecule has 162 valence electrons. The fourth-order valence-corrected chi connectivity index (χ4v) is 4.85. The van der Waals surface area contributed by atoms with Crippen LogP contribution in [0.1, 0.15) is 32.3 Å². The summed E-state index contributed by atoms with van der Waals surface area (Å²) < 4.78 is 5.46. The quantitative estimate of drug-likeness (QED) is 0.345. The molecule has 2 heterocycles. The van der Waals surface area contributed by atoms with Crippen molar-refractivity contribution in [3.05, 3.63) is 29.8 Å². The number of ether oxygens (including phenoxy) is 1. The number of benzene rings is 1. The van der Waals surface area contributed by atoms with Gasteiger partial charge in [-0.25, -0.2) is 0 Å². The Labute approximate surface area is 195 Å². The molecule has 2 atom stereocenters. The molecule has 0 aromatic heterocycles. The number of thioether (sulfide) groups is 1. The number of guanidine groups is 1. The molecule has 3 rings (SSSR count). The molecule has 0 saturated carbocycles. The van der Waals surface area contributed by atoms with Gasteiger partial charge in [0.1, 0.15) is 6.10 Å². The van der Waals surface area contributed by atoms with Gasteiger partial charge in [-0.05, 0) is 36.5 Å². The Hall–Kier alpha value is -1.00. The standard InChI is InChI=1S/C21H32N4O2S.HI/c1-15(2)19-14-25(9-11-28-19)21(22-3)23-13-16-6-4-7-17(12-16)24-20(26)18-8-5-10-27-18;/h4,6-7,12,15,18-19H,5,8-11,13-14H2,1-3H3,(H,22,23)(H,24,26);1H. The zero-order chi connectivity index (χ0) is 19.9. The van der Waals surface area contributed by atoms with Crippen molar-refractivity contribution < 1.29 is 9.53 Å². The number of nitrogens with one attached hydrogen (secondary N) is 2. The van der Waals surface area contributed by atoms with Gasteiger partial charge in [-0.1, -0.05) is 26.0 Å². The molecule has 2 saturated heterocycles. The van der Waals surface area contributed by atoms with Crippen molar-refractivity contribution in [2.24, 2.45) is 10.9 Å². The molecule has 0 aliphatic carbocycles. The summed E-state index contributed by atoms with van der Waals surface area (Å²) in [5, 5.41) is 7.09. The van der Waals surface area contributed by atoms with Crippen molar-refractivity contribution in [3.8, 4) is 0 Å². The summed E-state index contributed by atoms with van der Waals surface area (Å²) in [6.07, 6.45) is 1.44. The number of aliphatic imine (C=N–C) groups is 1. The van der Waals surface area contributed by atoms with E-state index in [9.17, 15) is 4.79 Å². The normalized spacial score (nSPS) is 22.3. The molecule has 0 radical (unpaired) electrons. The van der Waals surface area contributed by atoms with Crippen LogP contribution in [-0.4, -0.2) is 60.6 Å². The molecule has 1 aromatic rings. The third kappa shape index (κ3) is 7.03. The van der Waals surface area contributed by atoms with Crippen LogP contribution < -0.4 is 10.6 Å². The first-order valence-corrected chi connectivity index (χ1v) is 11.2. The summed E-state index contributed by atoms with van der Waals surface area (Å²) in [5.74, 6) is 2.69. The second kappa shape index (κ2) is 12.0. The molecule has 2 unspecified atom stereocenters. The Kier molecular flexibility index (Phi) is 10.0. The summed E-state index contributed by atoms with van der Waals surface area (Å²) in [4.78, 5) is 19.1. The molecule has 1 aromatic carbocycles. The van der Waals surface area contributed by atoms with E-state index in [0.717, 1.165) is 48.9 Å². The van der Waals surface area contributed by atoms with Crippen molar-refractivity contribution in [1.82, 2.24) is 10.2 Å². The minimum absolute atomic E-state index is 0. The Morgan fingerprint density at radius 1 is 1.41 bits per heavy atom. The van der Waals surface area contributed by atoms with E-state index in [2.05, 4.69) is 52.2 Å². The second-order valence-corrected chi connectivity index (χ2v) is 9.04. The fraction of sp³-hybridized carbons (Fsp3) is 0.619. The van der Waals surface area contributed by atoms with Gasteiger partial charge >= 0.3 is 0 Å². The highest BCUT2D eigenvalue weighted by Crippen LogP contribution is 2.25. The Bertz CT molecular complexity index is 695. The van der Waals surface area contributed by atoms with Gasteiger partial charge in [-0.2, -0.15) is 11.8 Å². The van der Waals surface area contributed by atoms with Crippen molar-refractivity contribution in [3.63, 3.8) is 0 Å². The molecule has 2 N–H and O–H groups in total. The van der Waals surface area contributed by atoms with E-state index in [4.69, 9.17) is 4.74 Å². The summed E-state index contributed by atoms with van der Waals surface area (Å²) in [7, 11) is 1.84. The van der Waals surface area contributed by atoms with Gasteiger partial charge in [0.25, 0.3) is 5.91 Å². The van der Waals surface area contributed by atoms with Gasteiger partial charge in [0.05, 0.1) is 0 Å². The summed E-state index contributed by atoms with van der Waals surface area (Å²) >= 11 is 2.06. The summed E-state index contributed by atoms with van der Waals surface area (Å²) in [6.45, 7) is 7.96. The molecule has 0 spiro atoms. The van der Waals surface area contributed by atoms with E-state index in [1.165, 1.54) is 0 Å². The number of nitrogens with zero attached hydrogens (tertiary/aromatic N) is 2. The lowest BCUT2D eigenvalue weighted by molar-refractivity contribution is -0.124. The number of anilines is 1. The highest BCUT2D eigenvalue weighted by atomic mass is 127. The van der Waals surface area contributed by atoms with Crippen LogP contribution in [0.2, 0.25) is 0 Å². The van der Waals surface area contributed by atoms with E-state index >= 15 is 0 Å². The van der Waals surface area contributed by atoms with Crippen LogP contribution in [0.3, 0.4) is 0 Å². The number of carbonyl (C=O) groups excluding carboxylic acids is 1. The molecule has 2 fully saturated rings. The van der Waals surface area contributed by atoms with E-state index in [1.54, 1.807) is 0 Å². The lowest BCUT2D eigenvalue weighted by Gasteiger charge is -2.36. The predicted octanol–water partition coefficient (Wildman–Crippen LogP) is 3.57. The van der Waals surface area contributed by atoms with Gasteiger partial charge < -0.3 is 20.3 Å². The average molecular weight is 532 g/mol. The van der Waals surface area contributed by atoms with E-state index in [0.29, 0.717) is 24.3 Å². The maximum atomic E-state index is 12.3. The summed E-state index contributed by atoms with van der Waals surface area (Å²) in [6, 6.07) is 7.96. The Balaban J connectivity index is 0.00000300. The highest BCUT2D eigenvalue weighted by Gasteiger charge is 2.25. The van der Waals surface area contributed by atoms with Crippen LogP contribution in [0.4, 0.5) is 5.69 Å². The highest BCUT2D eigenvalue weighted by molar-refractivity contribution is 14.0. The first-order valence-electron chi connectivity index (χ1n) is 10.2. The van der Waals surface area contributed by atoms with Crippen LogP contribution in [-0.2, 0) is 16.1 Å². The number of hydrogen-bond donors (Lipinski definition) is 2. The van der Waals surface area contributed by atoms with Crippen LogP contribution >= 0.6 is 35.7 Å². The maximum Gasteiger partial charge on any atom is 0.253 e. The third-order valence-corrected chi connectivity index (χ3v) is 6.76. The van der Waals surface area contributed by atoms with Gasteiger partial charge in [-0.3, -0.25) is 9.79 Å². The second-order valence-electron chi connectivity index (χ2n) is 7.69. The average Bonchev–Trinajstić information content (AvgIpc) is 3.24. The zero-order valence-corrected chi connectivity index (χ0v) is 20.7. The first kappa shape index (κ1) is 24.3. The number of halogens is 1. The molecule has 6 nitrogen and oxygen atoms in total. The minimum atomic E-state index is -0.313. The topological polar surface area (TPSA) is 66.0 Å². The van der Waals surface area contributed by atoms with Gasteiger partial charge in [0, 0.05) is 50.0 Å². The summed E-state index contributed by atoms with van der Waals surface area (Å²) in [5.41, 5.74) is 1.92. The van der Waals surface area contributed by atoms with Crippen molar-refractivity contribution in [2.45, 2.75) is 44.6 Å². The first-order chi connectivity index (χ1) is 13.6. The van der Waals surface area contributed by atoms with Crippen molar-refractivity contribution in [1.29, 1.82) is 0 Å². The van der Waals surface area contributed by atoms with Gasteiger partial charge in [0.15, 0.2) is 5.96 Å². The van der Waals surface area contributed by atoms with E-state index in [-0.39, 0.29) is 36.0 Å². The van der Waals surface area contributed by atoms with E-state index in [1.807, 2.05) is 25.2 Å². The molecule has 2 aliphatic rings. The molecular weight excluding hydrogens is 499 g/mol. The SMILES string of the molecule is CN=C(NCc1cccc(NC(=O)C2CCCO2)c1)N1CCSC(C(C)C)C1.I. The largest absolute Gasteiger partial charge is 0.368 e. The molecule has 2 aliphatic heterocycles. The fourth-order valence-electron chi connectivity index (χ4n) is 3.55. The lowest BCUT2D eigenvalue weighted by Crippen LogP contribution is -2.48. The van der Waals surface area contributed by atoms with Crippen LogP contribution in [0.25, 0.3) is 0 Å². The number of rotatable bonds is 5. The number of hydrogen-bond acceptors (Lipinski definition) is 4. The van der Waals surface area contributed by atoms with Crippen LogP contribution in [0.5, 0.6) is 0 Å². The van der Waals surface area contributed by atoms with Crippen LogP contribution in [0.15, 0.2) is 29.3 Å². The van der Waals surface area contributed by atoms with Gasteiger partial charge in [0.2, 0.25) is 0 Å².